The van der Waals surface area contributed by atoms with Crippen molar-refractivity contribution in [2.24, 2.45) is 0 Å². The van der Waals surface area contributed by atoms with Gasteiger partial charge in [0, 0.05) is 6.04 Å². The summed E-state index contributed by atoms with van der Waals surface area (Å²) in [5.41, 5.74) is 0. The minimum Gasteiger partial charge on any atom is -0.389 e. The molecular formula is C11H18N4O3. The Hall–Kier alpha value is -1.02. The summed E-state index contributed by atoms with van der Waals surface area (Å²) in [5.74, 6) is 0. The molecule has 3 heterocycles. The summed E-state index contributed by atoms with van der Waals surface area (Å²) in [7, 11) is 0. The quantitative estimate of drug-likeness (QED) is 0.742. The topological polar surface area (TPSA) is 81.4 Å². The maximum atomic E-state index is 10.5. The molecule has 2 saturated heterocycles. The Labute approximate surface area is 105 Å². The third-order valence-corrected chi connectivity index (χ3v) is 3.40. The van der Waals surface area contributed by atoms with Gasteiger partial charge in [-0.2, -0.15) is 5.10 Å². The summed E-state index contributed by atoms with van der Waals surface area (Å²) in [6.45, 7) is 4.58. The number of hydrogen-bond donors (Lipinski definition) is 2. The van der Waals surface area contributed by atoms with Gasteiger partial charge < -0.3 is 19.9 Å². The molecule has 2 bridgehead atoms. The fraction of sp³-hybridized carbons (Fsp3) is 0.818. The van der Waals surface area contributed by atoms with Gasteiger partial charge in [-0.05, 0) is 0 Å². The number of aliphatic hydroxyl groups excluding tert-OH is 1. The van der Waals surface area contributed by atoms with Crippen LogP contribution in [0.5, 0.6) is 0 Å². The van der Waals surface area contributed by atoms with Crippen LogP contribution in [0.1, 0.15) is 19.9 Å². The van der Waals surface area contributed by atoms with Gasteiger partial charge in [0.05, 0.1) is 18.8 Å². The minimum atomic E-state index is -0.611. The largest absolute Gasteiger partial charge is 0.389 e. The molecular weight excluding hydrogens is 236 g/mol. The van der Waals surface area contributed by atoms with Crippen molar-refractivity contribution in [1.82, 2.24) is 20.1 Å². The Morgan fingerprint density at radius 1 is 1.50 bits per heavy atom. The number of aliphatic hydroxyl groups is 1. The van der Waals surface area contributed by atoms with E-state index < -0.39 is 12.4 Å². The van der Waals surface area contributed by atoms with Crippen molar-refractivity contribution in [1.29, 1.82) is 0 Å². The Bertz CT molecular complexity index is 397. The maximum absolute atomic E-state index is 10.5. The third kappa shape index (κ3) is 1.93. The zero-order valence-corrected chi connectivity index (χ0v) is 10.4. The van der Waals surface area contributed by atoms with Crippen LogP contribution in [0.15, 0.2) is 12.7 Å². The molecule has 3 rings (SSSR count). The Balaban J connectivity index is 1.86. The molecule has 0 aromatic carbocycles. The van der Waals surface area contributed by atoms with E-state index in [4.69, 9.17) is 9.47 Å². The highest BCUT2D eigenvalue weighted by molar-refractivity contribution is 4.99. The first-order chi connectivity index (χ1) is 8.66. The van der Waals surface area contributed by atoms with E-state index in [9.17, 15) is 5.11 Å². The van der Waals surface area contributed by atoms with Gasteiger partial charge in [-0.25, -0.2) is 9.67 Å². The van der Waals surface area contributed by atoms with Crippen LogP contribution >= 0.6 is 0 Å². The second-order valence-corrected chi connectivity index (χ2v) is 5.08. The van der Waals surface area contributed by atoms with Crippen molar-refractivity contribution < 1.29 is 14.6 Å². The van der Waals surface area contributed by atoms with Crippen molar-refractivity contribution in [3.05, 3.63) is 12.7 Å². The monoisotopic (exact) mass is 254 g/mol. The number of ether oxygens (including phenoxy) is 2. The van der Waals surface area contributed by atoms with Crippen molar-refractivity contribution >= 4 is 0 Å². The fourth-order valence-corrected chi connectivity index (χ4v) is 2.64. The molecule has 100 valence electrons. The highest BCUT2D eigenvalue weighted by atomic mass is 16.7. The van der Waals surface area contributed by atoms with Crippen LogP contribution in [0.3, 0.4) is 0 Å². The molecule has 7 nitrogen and oxygen atoms in total. The minimum absolute atomic E-state index is 0.104. The van der Waals surface area contributed by atoms with E-state index in [0.29, 0.717) is 6.61 Å². The summed E-state index contributed by atoms with van der Waals surface area (Å²) in [5, 5.41) is 17.9. The van der Waals surface area contributed by atoms with Gasteiger partial charge in [0.2, 0.25) is 0 Å². The normalized spacial score (nSPS) is 39.4. The molecule has 2 aliphatic rings. The van der Waals surface area contributed by atoms with Crippen LogP contribution in [0.4, 0.5) is 0 Å². The zero-order valence-electron chi connectivity index (χ0n) is 10.4. The van der Waals surface area contributed by atoms with E-state index in [1.54, 1.807) is 11.0 Å². The fourth-order valence-electron chi connectivity index (χ4n) is 2.64. The van der Waals surface area contributed by atoms with E-state index in [1.807, 2.05) is 13.8 Å². The van der Waals surface area contributed by atoms with E-state index in [1.165, 1.54) is 6.33 Å². The van der Waals surface area contributed by atoms with Gasteiger partial charge >= 0.3 is 0 Å². The molecule has 0 saturated carbocycles. The maximum Gasteiger partial charge on any atom is 0.183 e. The second-order valence-electron chi connectivity index (χ2n) is 5.08. The van der Waals surface area contributed by atoms with E-state index >= 15 is 0 Å². The number of hydrogen-bond acceptors (Lipinski definition) is 6. The lowest BCUT2D eigenvalue weighted by Crippen LogP contribution is -2.59. The second kappa shape index (κ2) is 4.58. The molecule has 7 heteroatoms. The van der Waals surface area contributed by atoms with Crippen LogP contribution in [0.2, 0.25) is 0 Å². The summed E-state index contributed by atoms with van der Waals surface area (Å²) in [6.07, 6.45) is 1.86. The number of rotatable bonds is 3. The van der Waals surface area contributed by atoms with Gasteiger partial charge in [0.15, 0.2) is 6.29 Å². The summed E-state index contributed by atoms with van der Waals surface area (Å²) < 4.78 is 13.0. The first-order valence-electron chi connectivity index (χ1n) is 6.22. The highest BCUT2D eigenvalue weighted by Gasteiger charge is 2.51. The molecule has 18 heavy (non-hydrogen) atoms. The van der Waals surface area contributed by atoms with Crippen molar-refractivity contribution in [2.45, 2.75) is 50.5 Å². The van der Waals surface area contributed by atoms with Crippen molar-refractivity contribution in [3.63, 3.8) is 0 Å². The van der Waals surface area contributed by atoms with Gasteiger partial charge in [-0.15, -0.1) is 0 Å². The molecule has 0 unspecified atom stereocenters. The van der Waals surface area contributed by atoms with Crippen molar-refractivity contribution in [2.75, 3.05) is 6.61 Å². The predicted molar refractivity (Wildman–Crippen MR) is 61.7 cm³/mol. The van der Waals surface area contributed by atoms with Gasteiger partial charge in [0.1, 0.15) is 24.8 Å². The SMILES string of the molecule is CC(C)N[C@H]1[C@H](O)[C@@H](n2cncn2)[C@@H]2OC[C@H]1O2. The van der Waals surface area contributed by atoms with Crippen LogP contribution in [-0.2, 0) is 9.47 Å². The lowest BCUT2D eigenvalue weighted by atomic mass is 9.95. The molecule has 0 radical (unpaired) electrons. The molecule has 2 fully saturated rings. The Morgan fingerprint density at radius 2 is 2.33 bits per heavy atom. The van der Waals surface area contributed by atoms with E-state index in [2.05, 4.69) is 15.4 Å². The molecule has 2 N–H and O–H groups in total. The number of nitrogens with zero attached hydrogens (tertiary/aromatic N) is 3. The van der Waals surface area contributed by atoms with Crippen LogP contribution in [0.25, 0.3) is 0 Å². The highest BCUT2D eigenvalue weighted by Crippen LogP contribution is 2.35. The van der Waals surface area contributed by atoms with Gasteiger partial charge in [-0.1, -0.05) is 13.8 Å². The van der Waals surface area contributed by atoms with Crippen molar-refractivity contribution in [3.8, 4) is 0 Å². The average molecular weight is 254 g/mol. The Kier molecular flexibility index (Phi) is 3.06. The lowest BCUT2D eigenvalue weighted by molar-refractivity contribution is -0.168. The molecule has 5 atom stereocenters. The molecule has 0 amide bonds. The number of aromatic nitrogens is 3. The number of nitrogens with one attached hydrogen (secondary N) is 1. The van der Waals surface area contributed by atoms with Crippen LogP contribution in [-0.4, -0.2) is 57.1 Å². The van der Waals surface area contributed by atoms with Crippen LogP contribution in [0, 0.1) is 0 Å². The van der Waals surface area contributed by atoms with Gasteiger partial charge in [0.25, 0.3) is 0 Å². The summed E-state index contributed by atoms with van der Waals surface area (Å²) in [4.78, 5) is 3.91. The number of fused-ring (bicyclic) bond motifs is 2. The van der Waals surface area contributed by atoms with Crippen LogP contribution < -0.4 is 5.32 Å². The molecule has 1 aromatic rings. The average Bonchev–Trinajstić information content (AvgIpc) is 2.95. The molecule has 2 aliphatic heterocycles. The van der Waals surface area contributed by atoms with Gasteiger partial charge in [-0.3, -0.25) is 0 Å². The Morgan fingerprint density at radius 3 is 3.00 bits per heavy atom. The standard InChI is InChI=1S/C11H18N4O3/c1-6(2)14-8-7-3-17-11(18-7)9(10(8)16)15-5-12-4-13-15/h4-11,14,16H,3H2,1-2H3/t7-,8-,9-,10+,11-/m1/s1. The molecule has 0 spiro atoms. The zero-order chi connectivity index (χ0) is 12.7. The molecule has 1 aromatic heterocycles. The first kappa shape index (κ1) is 12.0. The predicted octanol–water partition coefficient (Wildman–Crippen LogP) is -0.698. The first-order valence-corrected chi connectivity index (χ1v) is 6.22. The summed E-state index contributed by atoms with van der Waals surface area (Å²) >= 11 is 0. The smallest absolute Gasteiger partial charge is 0.183 e. The van der Waals surface area contributed by atoms with E-state index in [-0.39, 0.29) is 24.2 Å². The lowest BCUT2D eigenvalue weighted by Gasteiger charge is -2.39. The van der Waals surface area contributed by atoms with E-state index in [0.717, 1.165) is 0 Å². The third-order valence-electron chi connectivity index (χ3n) is 3.40. The summed E-state index contributed by atoms with van der Waals surface area (Å²) in [6, 6.07) is -0.248. The molecule has 0 aliphatic carbocycles.